The summed E-state index contributed by atoms with van der Waals surface area (Å²) in [5.74, 6) is 0.378. The van der Waals surface area contributed by atoms with Crippen molar-refractivity contribution in [1.82, 2.24) is 0 Å². The summed E-state index contributed by atoms with van der Waals surface area (Å²) in [6.07, 6.45) is 1.11. The Hall–Kier alpha value is 1.14. The molecule has 80 valence electrons. The number of hydrogen-bond acceptors (Lipinski definition) is 4. The maximum absolute atomic E-state index is 9.93. The predicted octanol–water partition coefficient (Wildman–Crippen LogP) is -5.23. The Bertz CT molecular complexity index is 158. The van der Waals surface area contributed by atoms with Crippen molar-refractivity contribution in [2.24, 2.45) is 0 Å². The van der Waals surface area contributed by atoms with Crippen LogP contribution < -0.4 is 29.6 Å². The zero-order valence-corrected chi connectivity index (χ0v) is 11.1. The van der Waals surface area contributed by atoms with Gasteiger partial charge in [0.05, 0.1) is 10.1 Å². The van der Waals surface area contributed by atoms with Crippen molar-refractivity contribution in [2.45, 2.75) is 12.8 Å². The van der Waals surface area contributed by atoms with Gasteiger partial charge >= 0.3 is 29.6 Å². The van der Waals surface area contributed by atoms with Crippen molar-refractivity contribution in [3.63, 3.8) is 0 Å². The number of rotatable bonds is 4. The molecule has 0 atom stereocenters. The van der Waals surface area contributed by atoms with Gasteiger partial charge in [-0.15, -0.1) is 0 Å². The van der Waals surface area contributed by atoms with E-state index in [1.165, 1.54) is 0 Å². The van der Waals surface area contributed by atoms with Gasteiger partial charge < -0.3 is 21.0 Å². The summed E-state index contributed by atoms with van der Waals surface area (Å²) in [7, 11) is -3.98. The van der Waals surface area contributed by atoms with Crippen LogP contribution in [0.5, 0.6) is 0 Å². The van der Waals surface area contributed by atoms with Crippen molar-refractivity contribution in [2.75, 3.05) is 11.5 Å². The molecule has 0 saturated heterocycles. The Balaban J connectivity index is -0.0000000533. The minimum Gasteiger partial charge on any atom is -0.748 e. The van der Waals surface area contributed by atoms with Gasteiger partial charge in [0, 0.05) is 5.75 Å². The molecule has 0 aliphatic rings. The summed E-state index contributed by atoms with van der Waals surface area (Å²) in [6, 6.07) is 0. The van der Waals surface area contributed by atoms with E-state index in [-0.39, 0.29) is 51.7 Å². The van der Waals surface area contributed by atoms with Gasteiger partial charge in [-0.25, -0.2) is 8.42 Å². The fraction of sp³-hybridized carbons (Fsp3) is 1.00. The summed E-state index contributed by atoms with van der Waals surface area (Å²) in [5, 5.41) is 0. The third-order valence-electron chi connectivity index (χ3n) is 0.802. The maximum atomic E-state index is 9.93. The number of thiol groups is 1. The van der Waals surface area contributed by atoms with Crippen molar-refractivity contribution in [1.29, 1.82) is 0 Å². The van der Waals surface area contributed by atoms with Gasteiger partial charge in [-0.05, 0) is 18.6 Å². The fourth-order valence-electron chi connectivity index (χ4n) is 0.391. The van der Waals surface area contributed by atoms with Crippen LogP contribution in [0.2, 0.25) is 0 Å². The van der Waals surface area contributed by atoms with E-state index in [0.717, 1.165) is 0 Å². The Morgan fingerprint density at radius 2 is 1.46 bits per heavy atom. The minimum absolute atomic E-state index is 0. The molecule has 0 heterocycles. The first-order chi connectivity index (χ1) is 4.06. The van der Waals surface area contributed by atoms with E-state index in [9.17, 15) is 13.0 Å². The summed E-state index contributed by atoms with van der Waals surface area (Å²) >= 11 is 3.85. The molecule has 0 radical (unpaired) electrons. The Morgan fingerprint density at radius 3 is 1.69 bits per heavy atom. The van der Waals surface area contributed by atoms with Crippen LogP contribution in [0, 0.1) is 0 Å². The predicted molar refractivity (Wildman–Crippen MR) is 48.5 cm³/mol. The van der Waals surface area contributed by atoms with Crippen molar-refractivity contribution in [3.05, 3.63) is 0 Å². The molecule has 0 amide bonds. The standard InChI is InChI=1S/C4H10O3S2.Na.3H2O/c5-9(6,7)4-2-1-3-8;;;;/h8H,1-4H2,(H,5,6,7);;3*1H2/q;+1;;;/p-1. The molecule has 0 saturated carbocycles. The molecule has 0 aromatic carbocycles. The molecule has 0 unspecified atom stereocenters. The van der Waals surface area contributed by atoms with Crippen LogP contribution in [0.1, 0.15) is 12.8 Å². The monoisotopic (exact) mass is 246 g/mol. The molecule has 0 fully saturated rings. The summed E-state index contributed by atoms with van der Waals surface area (Å²) in [6.45, 7) is 0. The average molecular weight is 246 g/mol. The second kappa shape index (κ2) is 15.6. The molecule has 0 bridgehead atoms. The first-order valence-electron chi connectivity index (χ1n) is 2.60. The van der Waals surface area contributed by atoms with Crippen LogP contribution in [-0.2, 0) is 10.1 Å². The zero-order chi connectivity index (χ0) is 7.33. The van der Waals surface area contributed by atoms with Crippen molar-refractivity contribution < 1.29 is 59.0 Å². The van der Waals surface area contributed by atoms with Gasteiger partial charge in [0.15, 0.2) is 0 Å². The maximum Gasteiger partial charge on any atom is 1.00 e. The molecule has 0 spiro atoms. The summed E-state index contributed by atoms with van der Waals surface area (Å²) < 4.78 is 29.8. The molecule has 9 heteroatoms. The Morgan fingerprint density at radius 1 is 1.08 bits per heavy atom. The Kier molecular flexibility index (Phi) is 35.1. The SMILES string of the molecule is O.O.O.O=S(=O)([O-])CCCCS.[Na+]. The van der Waals surface area contributed by atoms with Crippen LogP contribution in [0.3, 0.4) is 0 Å². The molecule has 13 heavy (non-hydrogen) atoms. The minimum atomic E-state index is -3.98. The largest absolute Gasteiger partial charge is 1.00 e. The molecular weight excluding hydrogens is 231 g/mol. The summed E-state index contributed by atoms with van der Waals surface area (Å²) in [4.78, 5) is 0. The smallest absolute Gasteiger partial charge is 0.748 e. The van der Waals surface area contributed by atoms with Gasteiger partial charge in [-0.1, -0.05) is 0 Å². The number of unbranched alkanes of at least 4 members (excludes halogenated alkanes) is 1. The van der Waals surface area contributed by atoms with Crippen LogP contribution in [0.4, 0.5) is 0 Å². The zero-order valence-electron chi connectivity index (χ0n) is 7.41. The third-order valence-corrected chi connectivity index (χ3v) is 1.91. The van der Waals surface area contributed by atoms with Crippen molar-refractivity contribution in [3.8, 4) is 0 Å². The topological polar surface area (TPSA) is 152 Å². The quantitative estimate of drug-likeness (QED) is 0.228. The average Bonchev–Trinajstić information content (AvgIpc) is 1.63. The van der Waals surface area contributed by atoms with Crippen LogP contribution in [0.15, 0.2) is 0 Å². The van der Waals surface area contributed by atoms with E-state index in [1.807, 2.05) is 0 Å². The van der Waals surface area contributed by atoms with E-state index in [4.69, 9.17) is 0 Å². The van der Waals surface area contributed by atoms with E-state index < -0.39 is 10.1 Å². The first-order valence-corrected chi connectivity index (χ1v) is 4.81. The van der Waals surface area contributed by atoms with Gasteiger partial charge in [-0.2, -0.15) is 12.6 Å². The van der Waals surface area contributed by atoms with Gasteiger partial charge in [0.25, 0.3) is 0 Å². The van der Waals surface area contributed by atoms with Crippen molar-refractivity contribution >= 4 is 22.7 Å². The molecule has 0 aromatic heterocycles. The Labute approximate surface area is 105 Å². The van der Waals surface area contributed by atoms with Crippen LogP contribution in [-0.4, -0.2) is 40.9 Å². The second-order valence-electron chi connectivity index (χ2n) is 1.69. The molecular formula is C4H15NaO6S2. The van der Waals surface area contributed by atoms with Gasteiger partial charge in [0.1, 0.15) is 0 Å². The molecule has 0 aliphatic carbocycles. The van der Waals surface area contributed by atoms with E-state index in [0.29, 0.717) is 18.6 Å². The molecule has 0 aliphatic heterocycles. The fourth-order valence-corrected chi connectivity index (χ4v) is 1.17. The molecule has 0 aromatic rings. The van der Waals surface area contributed by atoms with Gasteiger partial charge in [-0.3, -0.25) is 0 Å². The van der Waals surface area contributed by atoms with Crippen LogP contribution >= 0.6 is 12.6 Å². The first kappa shape index (κ1) is 29.2. The second-order valence-corrected chi connectivity index (χ2v) is 3.66. The molecule has 6 N–H and O–H groups in total. The molecule has 0 rings (SSSR count). The van der Waals surface area contributed by atoms with Gasteiger partial charge in [0.2, 0.25) is 0 Å². The number of hydrogen-bond donors (Lipinski definition) is 1. The normalized spacial score (nSPS) is 8.15. The molecule has 6 nitrogen and oxygen atoms in total. The van der Waals surface area contributed by atoms with E-state index in [1.54, 1.807) is 0 Å². The third kappa shape index (κ3) is 32.0. The summed E-state index contributed by atoms with van der Waals surface area (Å²) in [5.41, 5.74) is 0. The van der Waals surface area contributed by atoms with E-state index >= 15 is 0 Å². The van der Waals surface area contributed by atoms with Crippen LogP contribution in [0.25, 0.3) is 0 Å². The van der Waals surface area contributed by atoms with E-state index in [2.05, 4.69) is 12.6 Å².